The number of amides is 1. The van der Waals surface area contributed by atoms with Crippen LogP contribution in [0.1, 0.15) is 54.5 Å². The fraction of sp³-hybridized carbons (Fsp3) is 0.440. The van der Waals surface area contributed by atoms with Crippen LogP contribution in [0.25, 0.3) is 10.2 Å². The molecule has 4 rings (SSSR count). The molecule has 170 valence electrons. The van der Waals surface area contributed by atoms with Crippen molar-refractivity contribution in [1.82, 2.24) is 4.98 Å². The van der Waals surface area contributed by atoms with Gasteiger partial charge in [0.2, 0.25) is 0 Å². The van der Waals surface area contributed by atoms with Crippen LogP contribution in [-0.4, -0.2) is 25.1 Å². The number of aryl methyl sites for hydroxylation is 1. The highest BCUT2D eigenvalue weighted by molar-refractivity contribution is 7.21. The number of methoxy groups -OCH3 is 2. The highest BCUT2D eigenvalue weighted by Crippen LogP contribution is 2.42. The van der Waals surface area contributed by atoms with Gasteiger partial charge in [0.15, 0.2) is 0 Å². The number of pyridine rings is 1. The third-order valence-electron chi connectivity index (χ3n) is 6.92. The number of fused-ring (bicyclic) bond motifs is 2. The minimum atomic E-state index is -0.260. The Balaban J connectivity index is 1.64. The van der Waals surface area contributed by atoms with E-state index in [4.69, 9.17) is 20.2 Å². The Kier molecular flexibility index (Phi) is 6.03. The molecule has 1 unspecified atom stereocenters. The van der Waals surface area contributed by atoms with Crippen molar-refractivity contribution >= 4 is 38.8 Å². The lowest BCUT2D eigenvalue weighted by Gasteiger charge is -2.36. The predicted molar refractivity (Wildman–Crippen MR) is 131 cm³/mol. The molecule has 7 heteroatoms. The average Bonchev–Trinajstić information content (AvgIpc) is 3.12. The number of thiophene rings is 1. The van der Waals surface area contributed by atoms with E-state index in [0.29, 0.717) is 39.1 Å². The quantitative estimate of drug-likeness (QED) is 0.501. The largest absolute Gasteiger partial charge is 0.497 e. The second-order valence-electron chi connectivity index (χ2n) is 9.13. The molecule has 0 saturated carbocycles. The van der Waals surface area contributed by atoms with E-state index >= 15 is 0 Å². The molecule has 1 atom stereocenters. The molecule has 1 aromatic carbocycles. The summed E-state index contributed by atoms with van der Waals surface area (Å²) in [6.45, 7) is 6.96. The lowest BCUT2D eigenvalue weighted by Crippen LogP contribution is -2.29. The number of ether oxygens (including phenoxy) is 2. The molecule has 0 bridgehead atoms. The van der Waals surface area contributed by atoms with Gasteiger partial charge in [-0.15, -0.1) is 11.3 Å². The Morgan fingerprint density at radius 3 is 2.53 bits per heavy atom. The molecule has 0 spiro atoms. The van der Waals surface area contributed by atoms with Crippen molar-refractivity contribution in [3.8, 4) is 11.5 Å². The Morgan fingerprint density at radius 1 is 1.22 bits per heavy atom. The van der Waals surface area contributed by atoms with Gasteiger partial charge in [0, 0.05) is 35.0 Å². The van der Waals surface area contributed by atoms with E-state index in [1.165, 1.54) is 16.9 Å². The summed E-state index contributed by atoms with van der Waals surface area (Å²) < 4.78 is 10.6. The van der Waals surface area contributed by atoms with Gasteiger partial charge in [-0.25, -0.2) is 4.98 Å². The number of benzene rings is 1. The third kappa shape index (κ3) is 4.13. The molecule has 1 aliphatic rings. The summed E-state index contributed by atoms with van der Waals surface area (Å²) in [4.78, 5) is 19.3. The SMILES string of the molecule is CCC(C)(C)C1CCc2nc3sc(C(=O)Nc4cc(OC)cc(OC)c4)c(N)c3cc2C1. The topological polar surface area (TPSA) is 86.5 Å². The van der Waals surface area contributed by atoms with Crippen molar-refractivity contribution in [3.05, 3.63) is 40.4 Å². The number of anilines is 2. The van der Waals surface area contributed by atoms with Crippen molar-refractivity contribution in [3.63, 3.8) is 0 Å². The van der Waals surface area contributed by atoms with E-state index in [9.17, 15) is 4.79 Å². The molecular formula is C25H31N3O3S. The molecule has 2 aromatic heterocycles. The van der Waals surface area contributed by atoms with Crippen molar-refractivity contribution in [2.24, 2.45) is 11.3 Å². The van der Waals surface area contributed by atoms with E-state index in [-0.39, 0.29) is 5.91 Å². The van der Waals surface area contributed by atoms with E-state index in [1.807, 2.05) is 0 Å². The van der Waals surface area contributed by atoms with Crippen LogP contribution >= 0.6 is 11.3 Å². The molecule has 0 radical (unpaired) electrons. The van der Waals surface area contributed by atoms with Crippen molar-refractivity contribution in [1.29, 1.82) is 0 Å². The molecule has 1 amide bonds. The summed E-state index contributed by atoms with van der Waals surface area (Å²) in [6.07, 6.45) is 4.29. The van der Waals surface area contributed by atoms with Crippen molar-refractivity contribution in [2.45, 2.75) is 46.5 Å². The van der Waals surface area contributed by atoms with Crippen LogP contribution in [0.2, 0.25) is 0 Å². The molecule has 32 heavy (non-hydrogen) atoms. The molecule has 6 nitrogen and oxygen atoms in total. The predicted octanol–water partition coefficient (Wildman–Crippen LogP) is 5.69. The first-order valence-electron chi connectivity index (χ1n) is 11.0. The van der Waals surface area contributed by atoms with Gasteiger partial charge >= 0.3 is 0 Å². The molecule has 1 aliphatic carbocycles. The summed E-state index contributed by atoms with van der Waals surface area (Å²) in [5.41, 5.74) is 10.2. The first-order valence-corrected chi connectivity index (χ1v) is 11.8. The number of hydrogen-bond donors (Lipinski definition) is 2. The Hall–Kier alpha value is -2.80. The highest BCUT2D eigenvalue weighted by atomic mass is 32.1. The molecule has 2 heterocycles. The van der Waals surface area contributed by atoms with Crippen LogP contribution in [0.3, 0.4) is 0 Å². The van der Waals surface area contributed by atoms with Gasteiger partial charge in [-0.05, 0) is 42.2 Å². The first kappa shape index (κ1) is 22.4. The van der Waals surface area contributed by atoms with Gasteiger partial charge in [0.05, 0.1) is 19.9 Å². The monoisotopic (exact) mass is 453 g/mol. The molecule has 3 aromatic rings. The van der Waals surface area contributed by atoms with Crippen LogP contribution in [0.4, 0.5) is 11.4 Å². The zero-order valence-electron chi connectivity index (χ0n) is 19.4. The summed E-state index contributed by atoms with van der Waals surface area (Å²) in [5, 5.41) is 3.79. The fourth-order valence-electron chi connectivity index (χ4n) is 4.38. The maximum Gasteiger partial charge on any atom is 0.267 e. The second kappa shape index (κ2) is 8.62. The third-order valence-corrected chi connectivity index (χ3v) is 8.03. The number of hydrogen-bond acceptors (Lipinski definition) is 6. The number of rotatable bonds is 6. The number of aromatic nitrogens is 1. The van der Waals surface area contributed by atoms with Crippen LogP contribution in [0, 0.1) is 11.3 Å². The highest BCUT2D eigenvalue weighted by Gasteiger charge is 2.32. The summed E-state index contributed by atoms with van der Waals surface area (Å²) in [7, 11) is 3.15. The van der Waals surface area contributed by atoms with Crippen LogP contribution in [0.5, 0.6) is 11.5 Å². The Morgan fingerprint density at radius 2 is 1.91 bits per heavy atom. The molecule has 0 saturated heterocycles. The van der Waals surface area contributed by atoms with Crippen LogP contribution in [0.15, 0.2) is 24.3 Å². The number of nitrogens with zero attached hydrogens (tertiary/aromatic N) is 1. The van der Waals surface area contributed by atoms with Gasteiger partial charge in [-0.1, -0.05) is 27.2 Å². The second-order valence-corrected chi connectivity index (χ2v) is 10.1. The molecule has 3 N–H and O–H groups in total. The normalized spacial score (nSPS) is 16.0. The Labute approximate surface area is 193 Å². The first-order chi connectivity index (χ1) is 15.2. The zero-order chi connectivity index (χ0) is 23.0. The fourth-order valence-corrected chi connectivity index (χ4v) is 5.37. The van der Waals surface area contributed by atoms with E-state index in [0.717, 1.165) is 41.6 Å². The number of carbonyl (C=O) groups is 1. The molecular weight excluding hydrogens is 422 g/mol. The van der Waals surface area contributed by atoms with E-state index < -0.39 is 0 Å². The lowest BCUT2D eigenvalue weighted by molar-refractivity contribution is 0.103. The van der Waals surface area contributed by atoms with Gasteiger partial charge in [0.25, 0.3) is 5.91 Å². The van der Waals surface area contributed by atoms with Crippen molar-refractivity contribution < 1.29 is 14.3 Å². The summed E-state index contributed by atoms with van der Waals surface area (Å²) >= 11 is 1.34. The molecule has 0 aliphatic heterocycles. The van der Waals surface area contributed by atoms with Crippen LogP contribution in [-0.2, 0) is 12.8 Å². The minimum Gasteiger partial charge on any atom is -0.497 e. The minimum absolute atomic E-state index is 0.260. The van der Waals surface area contributed by atoms with Gasteiger partial charge in [0.1, 0.15) is 21.2 Å². The summed E-state index contributed by atoms with van der Waals surface area (Å²) in [5.74, 6) is 1.57. The van der Waals surface area contributed by atoms with Gasteiger partial charge in [-0.3, -0.25) is 4.79 Å². The number of nitrogens with one attached hydrogen (secondary N) is 1. The maximum absolute atomic E-state index is 13.1. The number of nitrogens with two attached hydrogens (primary N) is 1. The van der Waals surface area contributed by atoms with E-state index in [2.05, 4.69) is 32.2 Å². The standard InChI is InChI=1S/C25H31N3O3S/c1-6-25(2,3)15-7-8-20-14(9-15)10-19-21(26)22(32-24(19)28-20)23(29)27-16-11-17(30-4)13-18(12-16)31-5/h10-13,15H,6-9,26H2,1-5H3,(H,27,29). The van der Waals surface area contributed by atoms with Crippen molar-refractivity contribution in [2.75, 3.05) is 25.3 Å². The zero-order valence-corrected chi connectivity index (χ0v) is 20.2. The lowest BCUT2D eigenvalue weighted by atomic mass is 9.69. The average molecular weight is 454 g/mol. The van der Waals surface area contributed by atoms with E-state index in [1.54, 1.807) is 32.4 Å². The smallest absolute Gasteiger partial charge is 0.267 e. The Bertz CT molecular complexity index is 1150. The number of nitrogen functional groups attached to an aromatic ring is 1. The molecule has 0 fully saturated rings. The van der Waals surface area contributed by atoms with Crippen LogP contribution < -0.4 is 20.5 Å². The van der Waals surface area contributed by atoms with Gasteiger partial charge < -0.3 is 20.5 Å². The summed E-state index contributed by atoms with van der Waals surface area (Å²) in [6, 6.07) is 7.41. The van der Waals surface area contributed by atoms with Gasteiger partial charge in [-0.2, -0.15) is 0 Å². The maximum atomic E-state index is 13.1. The number of carbonyl (C=O) groups excluding carboxylic acids is 1.